The van der Waals surface area contributed by atoms with Crippen LogP contribution < -0.4 is 4.74 Å². The first kappa shape index (κ1) is 23.1. The van der Waals surface area contributed by atoms with Crippen LogP contribution in [-0.2, 0) is 6.61 Å². The van der Waals surface area contributed by atoms with Crippen LogP contribution in [0, 0.1) is 0 Å². The first-order chi connectivity index (χ1) is 15.8. The molecule has 5 nitrogen and oxygen atoms in total. The number of hydrogen-bond acceptors (Lipinski definition) is 4. The largest absolute Gasteiger partial charge is 0.489 e. The van der Waals surface area contributed by atoms with Crippen LogP contribution in [0.2, 0.25) is 5.02 Å². The van der Waals surface area contributed by atoms with Crippen LogP contribution in [0.3, 0.4) is 0 Å². The number of aromatic carboxylic acids is 1. The Bertz CT molecular complexity index is 1280. The van der Waals surface area contributed by atoms with E-state index in [-0.39, 0.29) is 18.1 Å². The van der Waals surface area contributed by atoms with Crippen molar-refractivity contribution in [1.29, 1.82) is 0 Å². The van der Waals surface area contributed by atoms with Crippen molar-refractivity contribution in [1.82, 2.24) is 5.16 Å². The van der Waals surface area contributed by atoms with E-state index in [1.807, 2.05) is 62.4 Å². The number of hydrogen-bond donors (Lipinski definition) is 1. The van der Waals surface area contributed by atoms with Crippen molar-refractivity contribution < 1.29 is 19.2 Å². The van der Waals surface area contributed by atoms with Crippen LogP contribution in [0.5, 0.6) is 5.75 Å². The Labute approximate surface area is 205 Å². The Morgan fingerprint density at radius 2 is 1.82 bits per heavy atom. The van der Waals surface area contributed by atoms with Gasteiger partial charge in [0.15, 0.2) is 0 Å². The zero-order valence-electron chi connectivity index (χ0n) is 18.0. The summed E-state index contributed by atoms with van der Waals surface area (Å²) in [4.78, 5) is 11.2. The Hall–Kier alpha value is -3.09. The third-order valence-corrected chi connectivity index (χ3v) is 6.20. The molecule has 0 saturated carbocycles. The minimum atomic E-state index is -0.951. The van der Waals surface area contributed by atoms with Gasteiger partial charge in [-0.05, 0) is 47.5 Å². The molecule has 1 N–H and O–H groups in total. The van der Waals surface area contributed by atoms with E-state index in [0.717, 1.165) is 32.5 Å². The summed E-state index contributed by atoms with van der Waals surface area (Å²) in [5, 5.41) is 14.1. The van der Waals surface area contributed by atoms with Crippen LogP contribution >= 0.6 is 27.5 Å². The molecule has 0 amide bonds. The van der Waals surface area contributed by atoms with E-state index >= 15 is 0 Å². The first-order valence-electron chi connectivity index (χ1n) is 10.3. The molecule has 0 spiro atoms. The van der Waals surface area contributed by atoms with Crippen LogP contribution in [0.15, 0.2) is 75.7 Å². The number of aromatic nitrogens is 1. The van der Waals surface area contributed by atoms with Gasteiger partial charge in [0.1, 0.15) is 23.8 Å². The van der Waals surface area contributed by atoms with E-state index in [1.165, 1.54) is 0 Å². The molecule has 1 aromatic heterocycles. The van der Waals surface area contributed by atoms with Gasteiger partial charge >= 0.3 is 5.97 Å². The molecule has 1 heterocycles. The van der Waals surface area contributed by atoms with Crippen LogP contribution in [0.25, 0.3) is 22.4 Å². The SMILES string of the molecule is CC(C)c1onc(-c2c(Cl)cccc2Br)c1COc1ccc(-c2cccc(C(=O)O)c2)cc1. The summed E-state index contributed by atoms with van der Waals surface area (Å²) in [5.41, 5.74) is 4.24. The van der Waals surface area contributed by atoms with Crippen molar-refractivity contribution in [3.05, 3.63) is 93.1 Å². The Balaban J connectivity index is 1.59. The molecule has 0 aliphatic carbocycles. The second kappa shape index (κ2) is 9.81. The topological polar surface area (TPSA) is 72.6 Å². The molecule has 3 aromatic carbocycles. The van der Waals surface area contributed by atoms with Crippen molar-refractivity contribution in [2.24, 2.45) is 0 Å². The monoisotopic (exact) mass is 525 g/mol. The summed E-state index contributed by atoms with van der Waals surface area (Å²) in [6.07, 6.45) is 0. The molecule has 4 aromatic rings. The summed E-state index contributed by atoms with van der Waals surface area (Å²) in [6, 6.07) is 19.9. The third-order valence-electron chi connectivity index (χ3n) is 5.22. The fraction of sp³-hybridized carbons (Fsp3) is 0.154. The van der Waals surface area contributed by atoms with Crippen molar-refractivity contribution in [2.75, 3.05) is 0 Å². The van der Waals surface area contributed by atoms with E-state index in [1.54, 1.807) is 18.2 Å². The normalized spacial score (nSPS) is 11.1. The van der Waals surface area contributed by atoms with Gasteiger partial charge in [0.25, 0.3) is 0 Å². The molecule has 0 fully saturated rings. The first-order valence-corrected chi connectivity index (χ1v) is 11.5. The Morgan fingerprint density at radius 3 is 2.48 bits per heavy atom. The zero-order chi connectivity index (χ0) is 23.5. The van der Waals surface area contributed by atoms with Gasteiger partial charge in [-0.25, -0.2) is 4.79 Å². The number of carbonyl (C=O) groups is 1. The smallest absolute Gasteiger partial charge is 0.335 e. The quantitative estimate of drug-likeness (QED) is 0.266. The molecular weight excluding hydrogens is 506 g/mol. The molecule has 33 heavy (non-hydrogen) atoms. The molecule has 0 atom stereocenters. The van der Waals surface area contributed by atoms with Crippen LogP contribution in [0.4, 0.5) is 0 Å². The molecule has 0 unspecified atom stereocenters. The average Bonchev–Trinajstić information content (AvgIpc) is 3.22. The van der Waals surface area contributed by atoms with E-state index in [9.17, 15) is 9.90 Å². The molecule has 0 bridgehead atoms. The van der Waals surface area contributed by atoms with Gasteiger partial charge in [-0.15, -0.1) is 0 Å². The predicted molar refractivity (Wildman–Crippen MR) is 132 cm³/mol. The van der Waals surface area contributed by atoms with Gasteiger partial charge in [-0.2, -0.15) is 0 Å². The van der Waals surface area contributed by atoms with Gasteiger partial charge in [0, 0.05) is 16.0 Å². The van der Waals surface area contributed by atoms with Crippen molar-refractivity contribution in [3.63, 3.8) is 0 Å². The summed E-state index contributed by atoms with van der Waals surface area (Å²) >= 11 is 10.0. The lowest BCUT2D eigenvalue weighted by molar-refractivity contribution is 0.0697. The number of benzene rings is 3. The molecule has 0 radical (unpaired) electrons. The molecule has 7 heteroatoms. The van der Waals surface area contributed by atoms with Gasteiger partial charge in [-0.3, -0.25) is 0 Å². The van der Waals surface area contributed by atoms with Crippen LogP contribution in [-0.4, -0.2) is 16.2 Å². The van der Waals surface area contributed by atoms with Crippen LogP contribution in [0.1, 0.15) is 41.4 Å². The molecule has 4 rings (SSSR count). The lowest BCUT2D eigenvalue weighted by Crippen LogP contribution is -2.01. The molecular formula is C26H21BrClNO4. The molecule has 0 aliphatic rings. The number of rotatable bonds is 7. The second-order valence-corrected chi connectivity index (χ2v) is 9.09. The number of carboxylic acid groups (broad SMARTS) is 1. The summed E-state index contributed by atoms with van der Waals surface area (Å²) < 4.78 is 12.6. The highest BCUT2D eigenvalue weighted by Gasteiger charge is 2.23. The fourth-order valence-electron chi connectivity index (χ4n) is 3.57. The number of halogens is 2. The molecule has 0 saturated heterocycles. The molecule has 168 valence electrons. The number of ether oxygens (including phenoxy) is 1. The average molecular weight is 527 g/mol. The lowest BCUT2D eigenvalue weighted by Gasteiger charge is -2.11. The van der Waals surface area contributed by atoms with E-state index < -0.39 is 5.97 Å². The van der Waals surface area contributed by atoms with Gasteiger partial charge in [-0.1, -0.05) is 76.9 Å². The maximum atomic E-state index is 11.2. The van der Waals surface area contributed by atoms with Crippen molar-refractivity contribution in [3.8, 4) is 28.1 Å². The number of nitrogens with zero attached hydrogens (tertiary/aromatic N) is 1. The predicted octanol–water partition coefficient (Wildman–Crippen LogP) is 7.83. The Kier molecular flexibility index (Phi) is 6.86. The minimum Gasteiger partial charge on any atom is -0.489 e. The van der Waals surface area contributed by atoms with Gasteiger partial charge < -0.3 is 14.4 Å². The summed E-state index contributed by atoms with van der Waals surface area (Å²) in [6.45, 7) is 4.34. The number of carboxylic acids is 1. The summed E-state index contributed by atoms with van der Waals surface area (Å²) in [7, 11) is 0. The minimum absolute atomic E-state index is 0.120. The third kappa shape index (κ3) is 4.97. The van der Waals surface area contributed by atoms with Crippen molar-refractivity contribution >= 4 is 33.5 Å². The highest BCUT2D eigenvalue weighted by atomic mass is 79.9. The summed E-state index contributed by atoms with van der Waals surface area (Å²) in [5.74, 6) is 0.592. The standard InChI is InChI=1S/C26H21BrClNO4/c1-15(2)25-20(24(29-33-25)23-21(27)7-4-8-22(23)28)14-32-19-11-9-16(10-12-19)17-5-3-6-18(13-17)26(30)31/h3-13,15H,14H2,1-2H3,(H,30,31). The van der Waals surface area contributed by atoms with Gasteiger partial charge in [0.2, 0.25) is 0 Å². The van der Waals surface area contributed by atoms with E-state index in [4.69, 9.17) is 20.9 Å². The maximum absolute atomic E-state index is 11.2. The Morgan fingerprint density at radius 1 is 1.09 bits per heavy atom. The fourth-order valence-corrected chi connectivity index (χ4v) is 4.50. The van der Waals surface area contributed by atoms with E-state index in [0.29, 0.717) is 16.5 Å². The lowest BCUT2D eigenvalue weighted by atomic mass is 10.0. The highest BCUT2D eigenvalue weighted by Crippen LogP contribution is 2.39. The molecule has 0 aliphatic heterocycles. The maximum Gasteiger partial charge on any atom is 0.335 e. The van der Waals surface area contributed by atoms with E-state index in [2.05, 4.69) is 21.1 Å². The second-order valence-electron chi connectivity index (χ2n) is 7.82. The van der Waals surface area contributed by atoms with Crippen molar-refractivity contribution in [2.45, 2.75) is 26.4 Å². The zero-order valence-corrected chi connectivity index (χ0v) is 20.4. The highest BCUT2D eigenvalue weighted by molar-refractivity contribution is 9.10. The van der Waals surface area contributed by atoms with Gasteiger partial charge in [0.05, 0.1) is 16.1 Å².